The second-order valence-electron chi connectivity index (χ2n) is 27.5. The third kappa shape index (κ3) is 44.3. The van der Waals surface area contributed by atoms with Gasteiger partial charge in [-0.3, -0.25) is 4.79 Å². The van der Waals surface area contributed by atoms with E-state index in [1.165, 1.54) is 276 Å². The Morgan fingerprint density at radius 3 is 1.11 bits per heavy atom. The number of nitrogens with one attached hydrogen (secondary N) is 1. The molecule has 0 spiro atoms. The van der Waals surface area contributed by atoms with E-state index in [1.54, 1.807) is 0 Å². The topological polar surface area (TPSA) is 228 Å². The highest BCUT2D eigenvalue weighted by Gasteiger charge is 2.51. The smallest absolute Gasteiger partial charge is 0.220 e. The minimum atomic E-state index is -1.78. The molecular formula is C76H145NO13. The lowest BCUT2D eigenvalue weighted by atomic mass is 9.97. The molecule has 12 atom stereocenters. The molecule has 532 valence electrons. The number of rotatable bonds is 65. The highest BCUT2D eigenvalue weighted by atomic mass is 16.7. The molecule has 2 rings (SSSR count). The summed E-state index contributed by atoms with van der Waals surface area (Å²) in [6.07, 6.45) is 60.6. The summed E-state index contributed by atoms with van der Waals surface area (Å²) in [6.45, 7) is 2.91. The number of carbonyl (C=O) groups excluding carboxylic acids is 1. The number of carbonyl (C=O) groups is 1. The lowest BCUT2D eigenvalue weighted by molar-refractivity contribution is -0.359. The van der Waals surface area contributed by atoms with Gasteiger partial charge in [-0.25, -0.2) is 0 Å². The van der Waals surface area contributed by atoms with Gasteiger partial charge in [-0.1, -0.05) is 334 Å². The zero-order valence-electron chi connectivity index (χ0n) is 58.2. The second kappa shape index (κ2) is 61.1. The van der Waals surface area contributed by atoms with Crippen molar-refractivity contribution in [2.24, 2.45) is 0 Å². The standard InChI is InChI=1S/C76H145NO13/c1-3-5-7-9-11-13-15-17-19-21-23-25-27-29-30-31-32-33-34-36-37-39-41-43-45-47-49-51-53-55-57-59-65(80)64(63-87-75-73(86)71(84)74(67(62-79)89-75)90-76-72(85)70(83)69(82)66(61-78)88-76)77-68(81)60-58-56-54-52-50-48-46-44-42-40-38-35-28-26-24-22-20-18-16-14-12-10-8-6-4-2/h16,18,22,24,64-67,69-76,78-80,82-86H,3-15,17,19-21,23,25-63H2,1-2H3,(H,77,81)/b18-16-,24-22-. The predicted octanol–water partition coefficient (Wildman–Crippen LogP) is 16.7. The number of aliphatic hydroxyl groups excluding tert-OH is 8. The number of hydrogen-bond acceptors (Lipinski definition) is 13. The first-order valence-electron chi connectivity index (χ1n) is 38.6. The predicted molar refractivity (Wildman–Crippen MR) is 369 cm³/mol. The van der Waals surface area contributed by atoms with Crippen molar-refractivity contribution in [2.75, 3.05) is 19.8 Å². The molecule has 14 nitrogen and oxygen atoms in total. The largest absolute Gasteiger partial charge is 0.394 e. The summed E-state index contributed by atoms with van der Waals surface area (Å²) in [6, 6.07) is -0.830. The molecule has 0 radical (unpaired) electrons. The van der Waals surface area contributed by atoms with Crippen LogP contribution in [0.5, 0.6) is 0 Å². The number of hydrogen-bond donors (Lipinski definition) is 9. The molecule has 0 saturated carbocycles. The van der Waals surface area contributed by atoms with Crippen LogP contribution in [0.1, 0.15) is 361 Å². The highest BCUT2D eigenvalue weighted by molar-refractivity contribution is 5.76. The summed E-state index contributed by atoms with van der Waals surface area (Å²) in [5.41, 5.74) is 0. The number of ether oxygens (including phenoxy) is 4. The van der Waals surface area contributed by atoms with Gasteiger partial charge in [0.2, 0.25) is 5.91 Å². The van der Waals surface area contributed by atoms with Crippen LogP contribution in [0, 0.1) is 0 Å². The molecule has 90 heavy (non-hydrogen) atoms. The van der Waals surface area contributed by atoms with Crippen molar-refractivity contribution in [3.8, 4) is 0 Å². The lowest BCUT2D eigenvalue weighted by Gasteiger charge is -2.46. The fraction of sp³-hybridized carbons (Fsp3) is 0.934. The van der Waals surface area contributed by atoms with E-state index < -0.39 is 86.8 Å². The van der Waals surface area contributed by atoms with Crippen LogP contribution in [0.3, 0.4) is 0 Å². The van der Waals surface area contributed by atoms with Gasteiger partial charge in [0, 0.05) is 6.42 Å². The van der Waals surface area contributed by atoms with Crippen LogP contribution in [0.2, 0.25) is 0 Å². The van der Waals surface area contributed by atoms with Gasteiger partial charge in [-0.15, -0.1) is 0 Å². The molecule has 2 heterocycles. The van der Waals surface area contributed by atoms with E-state index in [2.05, 4.69) is 43.5 Å². The first kappa shape index (κ1) is 84.6. The molecular weight excluding hydrogens is 1130 g/mol. The average Bonchev–Trinajstić information content (AvgIpc) is 1.41. The van der Waals surface area contributed by atoms with Crippen LogP contribution in [-0.4, -0.2) is 140 Å². The van der Waals surface area contributed by atoms with Crippen LogP contribution in [0.15, 0.2) is 24.3 Å². The second-order valence-corrected chi connectivity index (χ2v) is 27.5. The van der Waals surface area contributed by atoms with Crippen LogP contribution >= 0.6 is 0 Å². The van der Waals surface area contributed by atoms with Gasteiger partial charge >= 0.3 is 0 Å². The summed E-state index contributed by atoms with van der Waals surface area (Å²) >= 11 is 0. The number of amides is 1. The molecule has 1 amide bonds. The average molecular weight is 1280 g/mol. The summed E-state index contributed by atoms with van der Waals surface area (Å²) in [5.74, 6) is -0.201. The fourth-order valence-electron chi connectivity index (χ4n) is 13.0. The Bertz CT molecular complexity index is 1600. The van der Waals surface area contributed by atoms with E-state index in [1.807, 2.05) is 0 Å². The van der Waals surface area contributed by atoms with Gasteiger partial charge in [0.25, 0.3) is 0 Å². The van der Waals surface area contributed by atoms with Crippen LogP contribution in [0.25, 0.3) is 0 Å². The first-order chi connectivity index (χ1) is 44.1. The van der Waals surface area contributed by atoms with Crippen molar-refractivity contribution in [2.45, 2.75) is 434 Å². The van der Waals surface area contributed by atoms with Crippen molar-refractivity contribution < 1.29 is 64.6 Å². The Hall–Kier alpha value is -1.53. The minimum Gasteiger partial charge on any atom is -0.394 e. The number of aliphatic hydroxyl groups is 8. The molecule has 2 aliphatic heterocycles. The summed E-state index contributed by atoms with van der Waals surface area (Å²) in [5, 5.41) is 87.8. The monoisotopic (exact) mass is 1280 g/mol. The first-order valence-corrected chi connectivity index (χ1v) is 38.6. The Morgan fingerprint density at radius 2 is 0.733 bits per heavy atom. The molecule has 2 fully saturated rings. The highest BCUT2D eigenvalue weighted by Crippen LogP contribution is 2.30. The van der Waals surface area contributed by atoms with E-state index in [-0.39, 0.29) is 12.5 Å². The zero-order valence-corrected chi connectivity index (χ0v) is 58.2. The summed E-state index contributed by atoms with van der Waals surface area (Å²) < 4.78 is 23.0. The molecule has 0 aliphatic carbocycles. The SMILES string of the molecule is CCCCCCC/C=C\C/C=C\CCCCCCCCCCCCCCCC(=O)NC(COC1OC(CO)C(OC2OC(CO)C(O)C(O)C2O)C(O)C1O)C(O)CCCCCCCCCCCCCCCCCCCCCCCCCCCCCCCCC. The quantitative estimate of drug-likeness (QED) is 0.0204. The molecule has 2 saturated heterocycles. The van der Waals surface area contributed by atoms with Gasteiger partial charge < -0.3 is 65.1 Å². The fourth-order valence-corrected chi connectivity index (χ4v) is 13.0. The Balaban J connectivity index is 1.62. The molecule has 0 aromatic heterocycles. The molecule has 14 heteroatoms. The third-order valence-electron chi connectivity index (χ3n) is 19.2. The zero-order chi connectivity index (χ0) is 65.2. The maximum Gasteiger partial charge on any atom is 0.220 e. The Labute approximate surface area is 551 Å². The van der Waals surface area contributed by atoms with Crippen LogP contribution in [-0.2, 0) is 23.7 Å². The Morgan fingerprint density at radius 1 is 0.400 bits per heavy atom. The van der Waals surface area contributed by atoms with E-state index in [9.17, 15) is 45.6 Å². The number of allylic oxidation sites excluding steroid dienone is 4. The third-order valence-corrected chi connectivity index (χ3v) is 19.2. The molecule has 9 N–H and O–H groups in total. The molecule has 12 unspecified atom stereocenters. The minimum absolute atomic E-state index is 0.201. The van der Waals surface area contributed by atoms with Crippen molar-refractivity contribution >= 4 is 5.91 Å². The van der Waals surface area contributed by atoms with E-state index in [0.717, 1.165) is 57.8 Å². The van der Waals surface area contributed by atoms with Gasteiger partial charge in [-0.2, -0.15) is 0 Å². The summed E-state index contributed by atoms with van der Waals surface area (Å²) in [4.78, 5) is 13.4. The van der Waals surface area contributed by atoms with Crippen molar-refractivity contribution in [1.82, 2.24) is 5.32 Å². The number of unbranched alkanes of at least 4 members (excludes halogenated alkanes) is 48. The normalized spacial score (nSPS) is 23.0. The van der Waals surface area contributed by atoms with Crippen molar-refractivity contribution in [3.05, 3.63) is 24.3 Å². The maximum absolute atomic E-state index is 13.4. The van der Waals surface area contributed by atoms with Gasteiger partial charge in [-0.05, 0) is 44.9 Å². The van der Waals surface area contributed by atoms with E-state index >= 15 is 0 Å². The van der Waals surface area contributed by atoms with E-state index in [0.29, 0.717) is 12.8 Å². The van der Waals surface area contributed by atoms with Crippen LogP contribution in [0.4, 0.5) is 0 Å². The molecule has 0 aromatic carbocycles. The van der Waals surface area contributed by atoms with Crippen LogP contribution < -0.4 is 5.32 Å². The summed E-state index contributed by atoms with van der Waals surface area (Å²) in [7, 11) is 0. The van der Waals surface area contributed by atoms with Gasteiger partial charge in [0.05, 0.1) is 32.0 Å². The molecule has 0 bridgehead atoms. The van der Waals surface area contributed by atoms with E-state index in [4.69, 9.17) is 18.9 Å². The van der Waals surface area contributed by atoms with Crippen molar-refractivity contribution in [3.63, 3.8) is 0 Å². The van der Waals surface area contributed by atoms with Gasteiger partial charge in [0.15, 0.2) is 12.6 Å². The molecule has 2 aliphatic rings. The Kier molecular flexibility index (Phi) is 57.4. The lowest BCUT2D eigenvalue weighted by Crippen LogP contribution is -2.65. The maximum atomic E-state index is 13.4. The molecule has 0 aromatic rings. The van der Waals surface area contributed by atoms with Crippen molar-refractivity contribution in [1.29, 1.82) is 0 Å². The van der Waals surface area contributed by atoms with Gasteiger partial charge in [0.1, 0.15) is 48.8 Å².